The molecule has 1 fully saturated rings. The fourth-order valence-electron chi connectivity index (χ4n) is 2.96. The van der Waals surface area contributed by atoms with Gasteiger partial charge in [-0.05, 0) is 30.5 Å². The predicted octanol–water partition coefficient (Wildman–Crippen LogP) is 1.71. The normalized spacial score (nSPS) is 16.6. The number of rotatable bonds is 3. The third-order valence-corrected chi connectivity index (χ3v) is 4.10. The van der Waals surface area contributed by atoms with E-state index in [0.717, 1.165) is 36.9 Å². The molecule has 0 aliphatic carbocycles. The van der Waals surface area contributed by atoms with Gasteiger partial charge >= 0.3 is 5.63 Å². The Bertz CT molecular complexity index is 776. The van der Waals surface area contributed by atoms with Gasteiger partial charge in [0.05, 0.1) is 6.10 Å². The first-order valence-electron chi connectivity index (χ1n) is 7.76. The summed E-state index contributed by atoms with van der Waals surface area (Å²) < 4.78 is 5.27. The average molecular weight is 316 g/mol. The van der Waals surface area contributed by atoms with Gasteiger partial charge in [0.2, 0.25) is 5.91 Å². The molecule has 0 spiro atoms. The molecular weight excluding hydrogens is 296 g/mol. The molecule has 0 atom stereocenters. The van der Waals surface area contributed by atoms with Crippen molar-refractivity contribution in [3.05, 3.63) is 40.2 Å². The largest absolute Gasteiger partial charge is 0.423 e. The summed E-state index contributed by atoms with van der Waals surface area (Å²) in [6.07, 6.45) is 1.29. The predicted molar refractivity (Wildman–Crippen MR) is 87.3 cm³/mol. The molecule has 0 radical (unpaired) electrons. The van der Waals surface area contributed by atoms with Crippen molar-refractivity contribution in [3.63, 3.8) is 0 Å². The molecule has 23 heavy (non-hydrogen) atoms. The minimum Gasteiger partial charge on any atom is -0.423 e. The molecule has 6 nitrogen and oxygen atoms in total. The van der Waals surface area contributed by atoms with Gasteiger partial charge in [-0.25, -0.2) is 4.79 Å². The highest BCUT2D eigenvalue weighted by Crippen LogP contribution is 2.23. The maximum atomic E-state index is 11.8. The average Bonchev–Trinajstić information content (AvgIpc) is 2.48. The Kier molecular flexibility index (Phi) is 4.45. The number of nitrogens with one attached hydrogen (secondary N) is 1. The van der Waals surface area contributed by atoms with Gasteiger partial charge in [0.25, 0.3) is 0 Å². The first-order chi connectivity index (χ1) is 11.0. The van der Waals surface area contributed by atoms with Crippen LogP contribution in [-0.4, -0.2) is 35.1 Å². The number of aliphatic hydroxyl groups excluding tert-OH is 1. The molecular formula is C17H20N2O4. The van der Waals surface area contributed by atoms with Gasteiger partial charge in [-0.3, -0.25) is 9.69 Å². The van der Waals surface area contributed by atoms with E-state index in [-0.39, 0.29) is 12.0 Å². The van der Waals surface area contributed by atoms with Crippen LogP contribution in [0.1, 0.15) is 25.3 Å². The highest BCUT2D eigenvalue weighted by atomic mass is 16.4. The van der Waals surface area contributed by atoms with E-state index >= 15 is 0 Å². The molecule has 2 aromatic rings. The van der Waals surface area contributed by atoms with Crippen LogP contribution < -0.4 is 10.9 Å². The molecule has 0 bridgehead atoms. The van der Waals surface area contributed by atoms with Crippen LogP contribution in [0.25, 0.3) is 11.0 Å². The van der Waals surface area contributed by atoms with Crippen LogP contribution in [0.5, 0.6) is 0 Å². The summed E-state index contributed by atoms with van der Waals surface area (Å²) in [5.41, 5.74) is 1.58. The zero-order chi connectivity index (χ0) is 16.4. The van der Waals surface area contributed by atoms with E-state index in [2.05, 4.69) is 10.2 Å². The van der Waals surface area contributed by atoms with Gasteiger partial charge in [-0.15, -0.1) is 0 Å². The highest BCUT2D eigenvalue weighted by Gasteiger charge is 2.18. The number of benzene rings is 1. The number of hydrogen-bond acceptors (Lipinski definition) is 5. The van der Waals surface area contributed by atoms with Gasteiger partial charge in [-0.2, -0.15) is 0 Å². The van der Waals surface area contributed by atoms with Crippen molar-refractivity contribution in [2.24, 2.45) is 0 Å². The van der Waals surface area contributed by atoms with Crippen LogP contribution in [0, 0.1) is 0 Å². The lowest BCUT2D eigenvalue weighted by molar-refractivity contribution is -0.114. The molecule has 1 saturated heterocycles. The maximum absolute atomic E-state index is 11.8. The van der Waals surface area contributed by atoms with E-state index in [1.165, 1.54) is 13.0 Å². The second-order valence-corrected chi connectivity index (χ2v) is 5.99. The molecule has 1 aliphatic heterocycles. The summed E-state index contributed by atoms with van der Waals surface area (Å²) in [5.74, 6) is -0.172. The fraction of sp³-hybridized carbons (Fsp3) is 0.412. The Morgan fingerprint density at radius 3 is 2.78 bits per heavy atom. The van der Waals surface area contributed by atoms with Gasteiger partial charge in [0.15, 0.2) is 0 Å². The van der Waals surface area contributed by atoms with E-state index in [1.54, 1.807) is 12.1 Å². The van der Waals surface area contributed by atoms with E-state index in [4.69, 9.17) is 4.42 Å². The monoisotopic (exact) mass is 316 g/mol. The highest BCUT2D eigenvalue weighted by molar-refractivity contribution is 5.92. The minimum absolute atomic E-state index is 0.172. The van der Waals surface area contributed by atoms with Crippen molar-refractivity contribution >= 4 is 22.6 Å². The molecule has 1 aliphatic rings. The van der Waals surface area contributed by atoms with Crippen LogP contribution in [0.2, 0.25) is 0 Å². The lowest BCUT2D eigenvalue weighted by Crippen LogP contribution is -2.35. The number of aliphatic hydroxyl groups is 1. The molecule has 3 rings (SSSR count). The summed E-state index contributed by atoms with van der Waals surface area (Å²) in [6, 6.07) is 6.85. The number of fused-ring (bicyclic) bond motifs is 1. The number of amides is 1. The number of carbonyl (C=O) groups excluding carboxylic acids is 1. The second kappa shape index (κ2) is 6.52. The first kappa shape index (κ1) is 15.7. The Morgan fingerprint density at radius 2 is 2.09 bits per heavy atom. The smallest absolute Gasteiger partial charge is 0.336 e. The topological polar surface area (TPSA) is 82.8 Å². The standard InChI is InChI=1S/C17H20N2O4/c1-11(20)18-13-2-3-15-12(8-17(22)23-16(15)9-13)10-19-6-4-14(21)5-7-19/h2-3,8-9,14,21H,4-7,10H2,1H3,(H,18,20). The van der Waals surface area contributed by atoms with Crippen molar-refractivity contribution in [2.75, 3.05) is 18.4 Å². The summed E-state index contributed by atoms with van der Waals surface area (Å²) >= 11 is 0. The lowest BCUT2D eigenvalue weighted by Gasteiger charge is -2.29. The van der Waals surface area contributed by atoms with Crippen molar-refractivity contribution in [1.82, 2.24) is 4.90 Å². The van der Waals surface area contributed by atoms with Gasteiger partial charge in [0.1, 0.15) is 5.58 Å². The van der Waals surface area contributed by atoms with Crippen molar-refractivity contribution < 1.29 is 14.3 Å². The molecule has 1 amide bonds. The summed E-state index contributed by atoms with van der Waals surface area (Å²) in [7, 11) is 0. The van der Waals surface area contributed by atoms with Crippen LogP contribution in [-0.2, 0) is 11.3 Å². The summed E-state index contributed by atoms with van der Waals surface area (Å²) in [6.45, 7) is 3.70. The van der Waals surface area contributed by atoms with Gasteiger partial charge in [-0.1, -0.05) is 0 Å². The van der Waals surface area contributed by atoms with Crippen LogP contribution in [0.4, 0.5) is 5.69 Å². The fourth-order valence-corrected chi connectivity index (χ4v) is 2.96. The van der Waals surface area contributed by atoms with E-state index < -0.39 is 5.63 Å². The number of piperidine rings is 1. The quantitative estimate of drug-likeness (QED) is 0.842. The van der Waals surface area contributed by atoms with Crippen molar-refractivity contribution in [2.45, 2.75) is 32.4 Å². The van der Waals surface area contributed by atoms with E-state index in [0.29, 0.717) is 17.8 Å². The maximum Gasteiger partial charge on any atom is 0.336 e. The Hall–Kier alpha value is -2.18. The number of anilines is 1. The van der Waals surface area contributed by atoms with Crippen LogP contribution >= 0.6 is 0 Å². The Balaban J connectivity index is 1.90. The Labute approximate surface area is 133 Å². The third kappa shape index (κ3) is 3.78. The molecule has 6 heteroatoms. The zero-order valence-corrected chi connectivity index (χ0v) is 13.0. The van der Waals surface area contributed by atoms with Crippen molar-refractivity contribution in [1.29, 1.82) is 0 Å². The van der Waals surface area contributed by atoms with E-state index in [9.17, 15) is 14.7 Å². The Morgan fingerprint density at radius 1 is 1.35 bits per heavy atom. The molecule has 1 aromatic heterocycles. The van der Waals surface area contributed by atoms with Crippen molar-refractivity contribution in [3.8, 4) is 0 Å². The lowest BCUT2D eigenvalue weighted by atomic mass is 10.1. The SMILES string of the molecule is CC(=O)Nc1ccc2c(CN3CCC(O)CC3)cc(=O)oc2c1. The summed E-state index contributed by atoms with van der Waals surface area (Å²) in [5, 5.41) is 13.1. The number of likely N-dealkylation sites (tertiary alicyclic amines) is 1. The number of hydrogen-bond donors (Lipinski definition) is 2. The second-order valence-electron chi connectivity index (χ2n) is 5.99. The minimum atomic E-state index is -0.399. The zero-order valence-electron chi connectivity index (χ0n) is 13.0. The van der Waals surface area contributed by atoms with Gasteiger partial charge in [0, 0.05) is 49.8 Å². The molecule has 1 aromatic carbocycles. The van der Waals surface area contributed by atoms with Crippen LogP contribution in [0.15, 0.2) is 33.5 Å². The molecule has 2 N–H and O–H groups in total. The number of carbonyl (C=O) groups is 1. The summed E-state index contributed by atoms with van der Waals surface area (Å²) in [4.78, 5) is 25.2. The third-order valence-electron chi connectivity index (χ3n) is 4.10. The number of nitrogens with zero attached hydrogens (tertiary/aromatic N) is 1. The molecule has 122 valence electrons. The molecule has 0 saturated carbocycles. The first-order valence-corrected chi connectivity index (χ1v) is 7.76. The molecule has 2 heterocycles. The van der Waals surface area contributed by atoms with Crippen LogP contribution in [0.3, 0.4) is 0 Å². The van der Waals surface area contributed by atoms with Gasteiger partial charge < -0.3 is 14.8 Å². The van der Waals surface area contributed by atoms with E-state index in [1.807, 2.05) is 6.07 Å². The molecule has 0 unspecified atom stereocenters.